The monoisotopic (exact) mass is 252 g/mol. The van der Waals surface area contributed by atoms with Crippen LogP contribution in [0.1, 0.15) is 39.3 Å². The molecule has 1 aromatic rings. The van der Waals surface area contributed by atoms with Gasteiger partial charge in [0.25, 0.3) is 0 Å². The Balaban J connectivity index is 2.94. The normalized spacial score (nSPS) is 13.6. The fraction of sp³-hybridized carbons (Fsp3) is 0.600. The maximum absolute atomic E-state index is 13.0. The number of benzene rings is 1. The van der Waals surface area contributed by atoms with Gasteiger partial charge in [-0.25, -0.2) is 4.39 Å². The van der Waals surface area contributed by atoms with E-state index in [9.17, 15) is 4.39 Å². The number of nitrogens with two attached hydrogens (primary N) is 1. The Morgan fingerprint density at radius 1 is 1.11 bits per heavy atom. The van der Waals surface area contributed by atoms with E-state index in [0.29, 0.717) is 18.5 Å². The number of hydrogen-bond acceptors (Lipinski definition) is 2. The summed E-state index contributed by atoms with van der Waals surface area (Å²) in [5, 5.41) is 0. The molecule has 1 unspecified atom stereocenters. The van der Waals surface area contributed by atoms with Crippen LogP contribution >= 0.6 is 0 Å². The summed E-state index contributed by atoms with van der Waals surface area (Å²) in [5.74, 6) is 0.386. The number of rotatable bonds is 6. The van der Waals surface area contributed by atoms with Crippen molar-refractivity contribution in [2.75, 3.05) is 13.1 Å². The highest BCUT2D eigenvalue weighted by Gasteiger charge is 2.22. The van der Waals surface area contributed by atoms with Gasteiger partial charge < -0.3 is 5.73 Å². The maximum Gasteiger partial charge on any atom is 0.123 e. The third-order valence-electron chi connectivity index (χ3n) is 3.12. The Hall–Kier alpha value is -0.930. The van der Waals surface area contributed by atoms with E-state index in [4.69, 9.17) is 5.73 Å². The first-order valence-corrected chi connectivity index (χ1v) is 6.67. The van der Waals surface area contributed by atoms with Crippen LogP contribution in [0.25, 0.3) is 0 Å². The maximum atomic E-state index is 13.0. The minimum Gasteiger partial charge on any atom is -0.329 e. The molecule has 0 bridgehead atoms. The Labute approximate surface area is 110 Å². The summed E-state index contributed by atoms with van der Waals surface area (Å²) < 4.78 is 13.0. The molecule has 0 saturated carbocycles. The van der Waals surface area contributed by atoms with E-state index in [0.717, 1.165) is 12.1 Å². The zero-order valence-corrected chi connectivity index (χ0v) is 11.9. The van der Waals surface area contributed by atoms with Gasteiger partial charge in [0.2, 0.25) is 0 Å². The largest absolute Gasteiger partial charge is 0.329 e. The molecule has 0 spiro atoms. The highest BCUT2D eigenvalue weighted by molar-refractivity contribution is 5.20. The molecular formula is C15H25FN2. The fourth-order valence-corrected chi connectivity index (χ4v) is 2.27. The summed E-state index contributed by atoms with van der Waals surface area (Å²) >= 11 is 0. The van der Waals surface area contributed by atoms with Crippen molar-refractivity contribution in [2.45, 2.75) is 39.8 Å². The number of halogens is 1. The summed E-state index contributed by atoms with van der Waals surface area (Å²) in [7, 11) is 0. The Kier molecular flexibility index (Phi) is 5.76. The molecule has 0 radical (unpaired) electrons. The average Bonchev–Trinajstić information content (AvgIpc) is 2.30. The number of nitrogens with zero attached hydrogens (tertiary/aromatic N) is 1. The van der Waals surface area contributed by atoms with Crippen molar-refractivity contribution in [3.8, 4) is 0 Å². The van der Waals surface area contributed by atoms with Gasteiger partial charge in [-0.05, 0) is 37.5 Å². The standard InChI is InChI=1S/C15H25FN2/c1-11(2)10-18(12(3)4)15(9-17)13-5-7-14(16)8-6-13/h5-8,11-12,15H,9-10,17H2,1-4H3. The smallest absolute Gasteiger partial charge is 0.123 e. The fourth-order valence-electron chi connectivity index (χ4n) is 2.27. The van der Waals surface area contributed by atoms with Gasteiger partial charge in [-0.3, -0.25) is 4.90 Å². The first-order valence-electron chi connectivity index (χ1n) is 6.67. The molecule has 0 aromatic heterocycles. The summed E-state index contributed by atoms with van der Waals surface area (Å²) in [6.45, 7) is 10.3. The van der Waals surface area contributed by atoms with Crippen LogP contribution in [0, 0.1) is 11.7 Å². The molecule has 1 rings (SSSR count). The molecule has 0 aliphatic heterocycles. The van der Waals surface area contributed by atoms with Gasteiger partial charge >= 0.3 is 0 Å². The summed E-state index contributed by atoms with van der Waals surface area (Å²) in [4.78, 5) is 2.39. The van der Waals surface area contributed by atoms with Gasteiger partial charge in [-0.15, -0.1) is 0 Å². The van der Waals surface area contributed by atoms with E-state index in [2.05, 4.69) is 32.6 Å². The van der Waals surface area contributed by atoms with E-state index in [1.807, 2.05) is 12.1 Å². The van der Waals surface area contributed by atoms with Crippen molar-refractivity contribution in [1.82, 2.24) is 4.90 Å². The van der Waals surface area contributed by atoms with Crippen LogP contribution in [0.3, 0.4) is 0 Å². The van der Waals surface area contributed by atoms with Crippen molar-refractivity contribution in [1.29, 1.82) is 0 Å². The van der Waals surface area contributed by atoms with Crippen LogP contribution in [0.15, 0.2) is 24.3 Å². The van der Waals surface area contributed by atoms with Crippen LogP contribution in [0.4, 0.5) is 4.39 Å². The van der Waals surface area contributed by atoms with Gasteiger partial charge in [0.15, 0.2) is 0 Å². The Bertz CT molecular complexity index is 346. The van der Waals surface area contributed by atoms with E-state index in [1.54, 1.807) is 0 Å². The second kappa shape index (κ2) is 6.86. The molecule has 2 N–H and O–H groups in total. The van der Waals surface area contributed by atoms with Gasteiger partial charge in [0.1, 0.15) is 5.82 Å². The Morgan fingerprint density at radius 2 is 1.67 bits per heavy atom. The molecule has 0 fully saturated rings. The van der Waals surface area contributed by atoms with Crippen molar-refractivity contribution >= 4 is 0 Å². The summed E-state index contributed by atoms with van der Waals surface area (Å²) in [6, 6.07) is 7.27. The Morgan fingerprint density at radius 3 is 2.06 bits per heavy atom. The molecule has 1 aromatic carbocycles. The minimum absolute atomic E-state index is 0.160. The molecule has 2 nitrogen and oxygen atoms in total. The third kappa shape index (κ3) is 4.07. The van der Waals surface area contributed by atoms with Gasteiger partial charge in [0.05, 0.1) is 0 Å². The van der Waals surface area contributed by atoms with Crippen molar-refractivity contribution in [3.05, 3.63) is 35.6 Å². The van der Waals surface area contributed by atoms with Gasteiger partial charge in [-0.1, -0.05) is 26.0 Å². The van der Waals surface area contributed by atoms with Crippen molar-refractivity contribution < 1.29 is 4.39 Å². The predicted molar refractivity (Wildman–Crippen MR) is 74.9 cm³/mol. The second-order valence-electron chi connectivity index (χ2n) is 5.49. The molecule has 18 heavy (non-hydrogen) atoms. The molecule has 0 saturated heterocycles. The SMILES string of the molecule is CC(C)CN(C(C)C)C(CN)c1ccc(F)cc1. The number of hydrogen-bond donors (Lipinski definition) is 1. The quantitative estimate of drug-likeness (QED) is 0.842. The molecule has 3 heteroatoms. The highest BCUT2D eigenvalue weighted by atomic mass is 19.1. The van der Waals surface area contributed by atoms with E-state index in [1.165, 1.54) is 12.1 Å². The van der Waals surface area contributed by atoms with E-state index in [-0.39, 0.29) is 11.9 Å². The molecule has 0 heterocycles. The minimum atomic E-state index is -0.200. The molecule has 1 atom stereocenters. The zero-order valence-electron chi connectivity index (χ0n) is 11.9. The molecule has 0 amide bonds. The predicted octanol–water partition coefficient (Wildman–Crippen LogP) is 3.19. The lowest BCUT2D eigenvalue weighted by Crippen LogP contribution is -2.40. The highest BCUT2D eigenvalue weighted by Crippen LogP contribution is 2.23. The summed E-state index contributed by atoms with van der Waals surface area (Å²) in [5.41, 5.74) is 7.01. The first-order chi connectivity index (χ1) is 8.45. The lowest BCUT2D eigenvalue weighted by molar-refractivity contribution is 0.138. The van der Waals surface area contributed by atoms with Crippen molar-refractivity contribution in [3.63, 3.8) is 0 Å². The summed E-state index contributed by atoms with van der Waals surface area (Å²) in [6.07, 6.45) is 0. The molecule has 102 valence electrons. The lowest BCUT2D eigenvalue weighted by Gasteiger charge is -2.36. The lowest BCUT2D eigenvalue weighted by atomic mass is 10.0. The molecular weight excluding hydrogens is 227 g/mol. The zero-order chi connectivity index (χ0) is 13.7. The van der Waals surface area contributed by atoms with Crippen LogP contribution in [0.5, 0.6) is 0 Å². The van der Waals surface area contributed by atoms with E-state index < -0.39 is 0 Å². The van der Waals surface area contributed by atoms with Crippen molar-refractivity contribution in [2.24, 2.45) is 11.7 Å². The van der Waals surface area contributed by atoms with Gasteiger partial charge in [0, 0.05) is 25.2 Å². The van der Waals surface area contributed by atoms with Crippen LogP contribution < -0.4 is 5.73 Å². The van der Waals surface area contributed by atoms with E-state index >= 15 is 0 Å². The molecule has 0 aliphatic rings. The van der Waals surface area contributed by atoms with Crippen LogP contribution in [0.2, 0.25) is 0 Å². The average molecular weight is 252 g/mol. The second-order valence-corrected chi connectivity index (χ2v) is 5.49. The topological polar surface area (TPSA) is 29.3 Å². The molecule has 0 aliphatic carbocycles. The van der Waals surface area contributed by atoms with Crippen LogP contribution in [-0.4, -0.2) is 24.0 Å². The van der Waals surface area contributed by atoms with Gasteiger partial charge in [-0.2, -0.15) is 0 Å². The first kappa shape index (κ1) is 15.1. The third-order valence-corrected chi connectivity index (χ3v) is 3.12. The van der Waals surface area contributed by atoms with Crippen LogP contribution in [-0.2, 0) is 0 Å².